The third kappa shape index (κ3) is 3.12. The lowest BCUT2D eigenvalue weighted by Crippen LogP contribution is -2.36. The maximum absolute atomic E-state index is 11.5. The van der Waals surface area contributed by atoms with Crippen molar-refractivity contribution in [1.29, 1.82) is 0 Å². The van der Waals surface area contributed by atoms with E-state index in [-0.39, 0.29) is 5.91 Å². The van der Waals surface area contributed by atoms with Crippen molar-refractivity contribution in [1.82, 2.24) is 10.6 Å². The van der Waals surface area contributed by atoms with Gasteiger partial charge in [0.15, 0.2) is 0 Å². The maximum atomic E-state index is 11.5. The zero-order valence-electron chi connectivity index (χ0n) is 8.76. The van der Waals surface area contributed by atoms with Crippen LogP contribution in [0.5, 0.6) is 0 Å². The number of likely N-dealkylation sites (N-methyl/N-ethyl adjacent to an activating group) is 1. The minimum absolute atomic E-state index is 0.0187. The molecule has 0 aromatic carbocycles. The van der Waals surface area contributed by atoms with Gasteiger partial charge in [0.1, 0.15) is 0 Å². The third-order valence-electron chi connectivity index (χ3n) is 2.03. The molecule has 3 nitrogen and oxygen atoms in total. The van der Waals surface area contributed by atoms with Gasteiger partial charge in [0.25, 0.3) is 5.91 Å². The summed E-state index contributed by atoms with van der Waals surface area (Å²) in [4.78, 5) is 13.5. The maximum Gasteiger partial charge on any atom is 0.261 e. The predicted molar refractivity (Wildman–Crippen MR) is 59.9 cm³/mol. The number of aryl methyl sites for hydroxylation is 1. The molecule has 0 radical (unpaired) electrons. The fraction of sp³-hybridized carbons (Fsp3) is 0.500. The highest BCUT2D eigenvalue weighted by molar-refractivity contribution is 7.13. The first-order chi connectivity index (χ1) is 6.63. The molecular formula is C10H16N2OS. The Morgan fingerprint density at radius 2 is 2.29 bits per heavy atom. The van der Waals surface area contributed by atoms with E-state index in [1.807, 2.05) is 33.0 Å². The van der Waals surface area contributed by atoms with Crippen LogP contribution < -0.4 is 10.6 Å². The zero-order valence-corrected chi connectivity index (χ0v) is 9.57. The Balaban J connectivity index is 2.43. The van der Waals surface area contributed by atoms with Crippen LogP contribution in [0.4, 0.5) is 0 Å². The predicted octanol–water partition coefficient (Wildman–Crippen LogP) is 1.39. The minimum Gasteiger partial charge on any atom is -0.350 e. The van der Waals surface area contributed by atoms with E-state index in [4.69, 9.17) is 0 Å². The molecule has 0 aliphatic carbocycles. The molecule has 14 heavy (non-hydrogen) atoms. The van der Waals surface area contributed by atoms with Gasteiger partial charge >= 0.3 is 0 Å². The molecule has 0 spiro atoms. The summed E-state index contributed by atoms with van der Waals surface area (Å²) in [7, 11) is 1.88. The molecule has 1 aromatic heterocycles. The van der Waals surface area contributed by atoms with Crippen LogP contribution in [0, 0.1) is 6.92 Å². The molecule has 0 fully saturated rings. The summed E-state index contributed by atoms with van der Waals surface area (Å²) in [6.07, 6.45) is 0. The van der Waals surface area contributed by atoms with Crippen molar-refractivity contribution in [2.75, 3.05) is 13.6 Å². The SMILES string of the molecule is CNC(C)CNC(=O)c1ccc(C)s1. The Labute approximate surface area is 88.5 Å². The van der Waals surface area contributed by atoms with Gasteiger partial charge in [-0.3, -0.25) is 4.79 Å². The van der Waals surface area contributed by atoms with E-state index < -0.39 is 0 Å². The summed E-state index contributed by atoms with van der Waals surface area (Å²) in [5, 5.41) is 5.94. The van der Waals surface area contributed by atoms with E-state index in [0.29, 0.717) is 12.6 Å². The van der Waals surface area contributed by atoms with E-state index in [0.717, 1.165) is 9.75 Å². The monoisotopic (exact) mass is 212 g/mol. The van der Waals surface area contributed by atoms with Crippen LogP contribution in [0.15, 0.2) is 12.1 Å². The lowest BCUT2D eigenvalue weighted by Gasteiger charge is -2.10. The zero-order chi connectivity index (χ0) is 10.6. The van der Waals surface area contributed by atoms with Gasteiger partial charge in [-0.05, 0) is 33.0 Å². The number of rotatable bonds is 4. The van der Waals surface area contributed by atoms with Gasteiger partial charge in [-0.1, -0.05) is 0 Å². The first-order valence-electron chi connectivity index (χ1n) is 4.65. The number of carbonyl (C=O) groups excluding carboxylic acids is 1. The molecule has 78 valence electrons. The van der Waals surface area contributed by atoms with E-state index >= 15 is 0 Å². The van der Waals surface area contributed by atoms with Gasteiger partial charge in [-0.2, -0.15) is 0 Å². The summed E-state index contributed by atoms with van der Waals surface area (Å²) < 4.78 is 0. The van der Waals surface area contributed by atoms with Gasteiger partial charge in [0.2, 0.25) is 0 Å². The number of hydrogen-bond donors (Lipinski definition) is 2. The fourth-order valence-corrected chi connectivity index (χ4v) is 1.78. The minimum atomic E-state index is 0.0187. The topological polar surface area (TPSA) is 41.1 Å². The smallest absolute Gasteiger partial charge is 0.261 e. The van der Waals surface area contributed by atoms with Gasteiger partial charge in [-0.25, -0.2) is 0 Å². The highest BCUT2D eigenvalue weighted by atomic mass is 32.1. The second kappa shape index (κ2) is 5.12. The molecular weight excluding hydrogens is 196 g/mol. The molecule has 0 aliphatic heterocycles. The summed E-state index contributed by atoms with van der Waals surface area (Å²) in [6.45, 7) is 4.68. The van der Waals surface area contributed by atoms with Crippen molar-refractivity contribution < 1.29 is 4.79 Å². The molecule has 4 heteroatoms. The lowest BCUT2D eigenvalue weighted by molar-refractivity contribution is 0.0954. The molecule has 0 bridgehead atoms. The van der Waals surface area contributed by atoms with Crippen molar-refractivity contribution in [2.45, 2.75) is 19.9 Å². The average Bonchev–Trinajstić information content (AvgIpc) is 2.60. The van der Waals surface area contributed by atoms with E-state index in [2.05, 4.69) is 10.6 Å². The second-order valence-electron chi connectivity index (χ2n) is 3.31. The van der Waals surface area contributed by atoms with E-state index in [9.17, 15) is 4.79 Å². The van der Waals surface area contributed by atoms with E-state index in [1.54, 1.807) is 0 Å². The third-order valence-corrected chi connectivity index (χ3v) is 3.03. The number of nitrogens with one attached hydrogen (secondary N) is 2. The highest BCUT2D eigenvalue weighted by Crippen LogP contribution is 2.14. The van der Waals surface area contributed by atoms with Crippen LogP contribution in [0.3, 0.4) is 0 Å². The van der Waals surface area contributed by atoms with Gasteiger partial charge in [0.05, 0.1) is 4.88 Å². The summed E-state index contributed by atoms with van der Waals surface area (Å²) in [6, 6.07) is 4.13. The highest BCUT2D eigenvalue weighted by Gasteiger charge is 2.08. The molecule has 0 saturated carbocycles. The van der Waals surface area contributed by atoms with Crippen LogP contribution in [0.25, 0.3) is 0 Å². The van der Waals surface area contributed by atoms with E-state index in [1.165, 1.54) is 11.3 Å². The average molecular weight is 212 g/mol. The molecule has 1 amide bonds. The Bertz CT molecular complexity index is 309. The number of hydrogen-bond acceptors (Lipinski definition) is 3. The Kier molecular flexibility index (Phi) is 4.10. The van der Waals surface area contributed by atoms with Crippen LogP contribution >= 0.6 is 11.3 Å². The number of carbonyl (C=O) groups is 1. The van der Waals surface area contributed by atoms with Gasteiger partial charge < -0.3 is 10.6 Å². The molecule has 2 N–H and O–H groups in total. The van der Waals surface area contributed by atoms with Crippen molar-refractivity contribution in [3.63, 3.8) is 0 Å². The molecule has 1 heterocycles. The molecule has 1 aromatic rings. The summed E-state index contributed by atoms with van der Waals surface area (Å²) in [5.41, 5.74) is 0. The second-order valence-corrected chi connectivity index (χ2v) is 4.60. The summed E-state index contributed by atoms with van der Waals surface area (Å²) >= 11 is 1.52. The quantitative estimate of drug-likeness (QED) is 0.792. The van der Waals surface area contributed by atoms with Crippen LogP contribution in [-0.4, -0.2) is 25.5 Å². The van der Waals surface area contributed by atoms with Crippen molar-refractivity contribution in [3.05, 3.63) is 21.9 Å². The van der Waals surface area contributed by atoms with Crippen LogP contribution in [-0.2, 0) is 0 Å². The van der Waals surface area contributed by atoms with Crippen molar-refractivity contribution >= 4 is 17.2 Å². The van der Waals surface area contributed by atoms with Gasteiger partial charge in [-0.15, -0.1) is 11.3 Å². The van der Waals surface area contributed by atoms with Crippen molar-refractivity contribution in [3.8, 4) is 0 Å². The number of thiophene rings is 1. The van der Waals surface area contributed by atoms with Crippen LogP contribution in [0.1, 0.15) is 21.5 Å². The first kappa shape index (κ1) is 11.2. The van der Waals surface area contributed by atoms with Gasteiger partial charge in [0, 0.05) is 17.5 Å². The standard InChI is InChI=1S/C10H16N2OS/c1-7(11-3)6-12-10(13)9-5-4-8(2)14-9/h4-5,7,11H,6H2,1-3H3,(H,12,13). The molecule has 1 atom stereocenters. The Morgan fingerprint density at radius 1 is 1.57 bits per heavy atom. The van der Waals surface area contributed by atoms with Crippen LogP contribution in [0.2, 0.25) is 0 Å². The molecule has 0 aliphatic rings. The molecule has 1 rings (SSSR count). The molecule has 0 saturated heterocycles. The molecule has 1 unspecified atom stereocenters. The fourth-order valence-electron chi connectivity index (χ4n) is 0.992. The van der Waals surface area contributed by atoms with Crippen molar-refractivity contribution in [2.24, 2.45) is 0 Å². The summed E-state index contributed by atoms with van der Waals surface area (Å²) in [5.74, 6) is 0.0187. The lowest BCUT2D eigenvalue weighted by atomic mass is 10.3. The number of amides is 1. The largest absolute Gasteiger partial charge is 0.350 e. The Hall–Kier alpha value is -0.870. The normalized spacial score (nSPS) is 12.5. The Morgan fingerprint density at radius 3 is 2.79 bits per heavy atom. The first-order valence-corrected chi connectivity index (χ1v) is 5.47.